The molecule has 0 aromatic heterocycles. The van der Waals surface area contributed by atoms with E-state index in [4.69, 9.17) is 11.6 Å². The molecule has 0 saturated carbocycles. The van der Waals surface area contributed by atoms with Crippen LogP contribution < -0.4 is 5.32 Å². The van der Waals surface area contributed by atoms with Gasteiger partial charge in [-0.05, 0) is 34.1 Å². The first-order valence-electron chi connectivity index (χ1n) is 5.61. The molecule has 0 aliphatic rings. The number of halogens is 4. The first kappa shape index (κ1) is 14.3. The van der Waals surface area contributed by atoms with E-state index < -0.39 is 12.5 Å². The molecule has 2 aromatic rings. The second kappa shape index (κ2) is 5.88. The van der Waals surface area contributed by atoms with Crippen molar-refractivity contribution in [3.8, 4) is 0 Å². The van der Waals surface area contributed by atoms with Crippen LogP contribution in [0, 0.1) is 0 Å². The maximum atomic E-state index is 13.9. The lowest BCUT2D eigenvalue weighted by Gasteiger charge is -2.18. The van der Waals surface area contributed by atoms with Gasteiger partial charge in [0.05, 0.1) is 11.6 Å². The van der Waals surface area contributed by atoms with Crippen LogP contribution in [0.5, 0.6) is 0 Å². The molecule has 0 aliphatic carbocycles. The Hall–Kier alpha value is -1.13. The van der Waals surface area contributed by atoms with E-state index in [1.165, 1.54) is 12.1 Å². The fourth-order valence-electron chi connectivity index (χ4n) is 1.60. The Morgan fingerprint density at radius 3 is 2.42 bits per heavy atom. The number of hydrogen-bond donors (Lipinski definition) is 1. The quantitative estimate of drug-likeness (QED) is 0.791. The van der Waals surface area contributed by atoms with Gasteiger partial charge in [-0.25, -0.2) is 0 Å². The highest BCUT2D eigenvalue weighted by Gasteiger charge is 2.30. The lowest BCUT2D eigenvalue weighted by molar-refractivity contribution is 0.0106. The Morgan fingerprint density at radius 2 is 1.79 bits per heavy atom. The molecule has 1 N–H and O–H groups in total. The van der Waals surface area contributed by atoms with Crippen molar-refractivity contribution >= 4 is 33.2 Å². The van der Waals surface area contributed by atoms with Crippen molar-refractivity contribution in [3.05, 3.63) is 63.6 Å². The molecule has 0 amide bonds. The predicted octanol–water partition coefficient (Wildman–Crippen LogP) is 5.31. The average molecular weight is 347 g/mol. The summed E-state index contributed by atoms with van der Waals surface area (Å²) in [6, 6.07) is 12.7. The van der Waals surface area contributed by atoms with Gasteiger partial charge in [0, 0.05) is 15.7 Å². The molecule has 0 spiro atoms. The molecular formula is C14H11BrClF2N. The predicted molar refractivity (Wildman–Crippen MR) is 78.0 cm³/mol. The summed E-state index contributed by atoms with van der Waals surface area (Å²) in [7, 11) is 0. The minimum absolute atomic E-state index is 0.00860. The standard InChI is InChI=1S/C14H11BrClF2N/c15-12-7-6-11(8-13(12)16)19-9-14(17,18)10-4-2-1-3-5-10/h1-8,19H,9H2. The third-order valence-electron chi connectivity index (χ3n) is 2.63. The van der Waals surface area contributed by atoms with E-state index in [9.17, 15) is 8.78 Å². The maximum absolute atomic E-state index is 13.9. The lowest BCUT2D eigenvalue weighted by Crippen LogP contribution is -2.24. The molecule has 0 atom stereocenters. The van der Waals surface area contributed by atoms with Gasteiger partial charge in [0.15, 0.2) is 0 Å². The third kappa shape index (κ3) is 3.67. The minimum Gasteiger partial charge on any atom is -0.379 e. The van der Waals surface area contributed by atoms with E-state index in [1.807, 2.05) is 0 Å². The smallest absolute Gasteiger partial charge is 0.290 e. The second-order valence-corrected chi connectivity index (χ2v) is 5.31. The minimum atomic E-state index is -2.93. The van der Waals surface area contributed by atoms with Crippen LogP contribution in [0.1, 0.15) is 5.56 Å². The molecule has 100 valence electrons. The summed E-state index contributed by atoms with van der Waals surface area (Å²) in [6.07, 6.45) is 0. The molecule has 2 aromatic carbocycles. The van der Waals surface area contributed by atoms with Crippen LogP contribution in [0.25, 0.3) is 0 Å². The van der Waals surface area contributed by atoms with Gasteiger partial charge in [0.1, 0.15) is 0 Å². The van der Waals surface area contributed by atoms with Crippen LogP contribution in [0.3, 0.4) is 0 Å². The van der Waals surface area contributed by atoms with Crippen molar-refractivity contribution < 1.29 is 8.78 Å². The van der Waals surface area contributed by atoms with Gasteiger partial charge in [-0.3, -0.25) is 0 Å². The summed E-state index contributed by atoms with van der Waals surface area (Å²) in [5.41, 5.74) is 0.550. The van der Waals surface area contributed by atoms with E-state index in [0.717, 1.165) is 4.47 Å². The molecule has 0 bridgehead atoms. The van der Waals surface area contributed by atoms with Crippen LogP contribution in [0.4, 0.5) is 14.5 Å². The summed E-state index contributed by atoms with van der Waals surface area (Å²) in [4.78, 5) is 0. The van der Waals surface area contributed by atoms with E-state index in [0.29, 0.717) is 10.7 Å². The molecule has 2 rings (SSSR count). The number of rotatable bonds is 4. The highest BCUT2D eigenvalue weighted by Crippen LogP contribution is 2.30. The Kier molecular flexibility index (Phi) is 4.42. The summed E-state index contributed by atoms with van der Waals surface area (Å²) in [5.74, 6) is -2.93. The Balaban J connectivity index is 2.07. The second-order valence-electron chi connectivity index (χ2n) is 4.05. The highest BCUT2D eigenvalue weighted by molar-refractivity contribution is 9.10. The number of nitrogens with one attached hydrogen (secondary N) is 1. The molecule has 0 aliphatic heterocycles. The third-order valence-corrected chi connectivity index (χ3v) is 3.86. The zero-order valence-corrected chi connectivity index (χ0v) is 12.2. The van der Waals surface area contributed by atoms with Gasteiger partial charge in [-0.2, -0.15) is 8.78 Å². The van der Waals surface area contributed by atoms with Gasteiger partial charge >= 0.3 is 0 Å². The molecule has 1 nitrogen and oxygen atoms in total. The van der Waals surface area contributed by atoms with E-state index in [2.05, 4.69) is 21.2 Å². The summed E-state index contributed by atoms with van der Waals surface area (Å²) >= 11 is 9.16. The maximum Gasteiger partial charge on any atom is 0.290 e. The van der Waals surface area contributed by atoms with Crippen LogP contribution in [-0.4, -0.2) is 6.54 Å². The SMILES string of the molecule is FC(F)(CNc1ccc(Br)c(Cl)c1)c1ccccc1. The van der Waals surface area contributed by atoms with Crippen molar-refractivity contribution in [2.75, 3.05) is 11.9 Å². The number of anilines is 1. The summed E-state index contributed by atoms with van der Waals surface area (Å²) < 4.78 is 28.6. The number of hydrogen-bond acceptors (Lipinski definition) is 1. The lowest BCUT2D eigenvalue weighted by atomic mass is 10.1. The fourth-order valence-corrected chi connectivity index (χ4v) is 2.03. The highest BCUT2D eigenvalue weighted by atomic mass is 79.9. The first-order chi connectivity index (χ1) is 8.99. The van der Waals surface area contributed by atoms with Gasteiger partial charge in [-0.1, -0.05) is 41.9 Å². The van der Waals surface area contributed by atoms with E-state index in [1.54, 1.807) is 36.4 Å². The van der Waals surface area contributed by atoms with Crippen molar-refractivity contribution in [2.24, 2.45) is 0 Å². The molecule has 0 radical (unpaired) electrons. The van der Waals surface area contributed by atoms with Crippen LogP contribution >= 0.6 is 27.5 Å². The average Bonchev–Trinajstić information content (AvgIpc) is 2.41. The molecule has 0 heterocycles. The van der Waals surface area contributed by atoms with Crippen LogP contribution in [-0.2, 0) is 5.92 Å². The zero-order valence-electron chi connectivity index (χ0n) is 9.84. The Morgan fingerprint density at radius 1 is 1.11 bits per heavy atom. The number of alkyl halides is 2. The van der Waals surface area contributed by atoms with Crippen molar-refractivity contribution in [2.45, 2.75) is 5.92 Å². The summed E-state index contributed by atoms with van der Waals surface area (Å²) in [5, 5.41) is 3.18. The van der Waals surface area contributed by atoms with Crippen LogP contribution in [0.15, 0.2) is 53.0 Å². The molecule has 19 heavy (non-hydrogen) atoms. The van der Waals surface area contributed by atoms with Gasteiger partial charge in [0.2, 0.25) is 0 Å². The van der Waals surface area contributed by atoms with Gasteiger partial charge in [-0.15, -0.1) is 0 Å². The topological polar surface area (TPSA) is 12.0 Å². The van der Waals surface area contributed by atoms with Crippen molar-refractivity contribution in [1.29, 1.82) is 0 Å². The molecule has 0 saturated heterocycles. The number of benzene rings is 2. The summed E-state index contributed by atoms with van der Waals surface area (Å²) in [6.45, 7) is -0.477. The van der Waals surface area contributed by atoms with E-state index >= 15 is 0 Å². The fraction of sp³-hybridized carbons (Fsp3) is 0.143. The largest absolute Gasteiger partial charge is 0.379 e. The van der Waals surface area contributed by atoms with Crippen molar-refractivity contribution in [3.63, 3.8) is 0 Å². The Bertz CT molecular complexity index is 561. The first-order valence-corrected chi connectivity index (χ1v) is 6.78. The molecular weight excluding hydrogens is 336 g/mol. The normalized spacial score (nSPS) is 11.4. The van der Waals surface area contributed by atoms with E-state index in [-0.39, 0.29) is 5.56 Å². The molecule has 5 heteroatoms. The van der Waals surface area contributed by atoms with Crippen molar-refractivity contribution in [1.82, 2.24) is 0 Å². The monoisotopic (exact) mass is 345 g/mol. The van der Waals surface area contributed by atoms with Crippen LogP contribution in [0.2, 0.25) is 5.02 Å². The van der Waals surface area contributed by atoms with Gasteiger partial charge in [0.25, 0.3) is 5.92 Å². The van der Waals surface area contributed by atoms with Gasteiger partial charge < -0.3 is 5.32 Å². The zero-order chi connectivity index (χ0) is 13.9. The molecule has 0 unspecified atom stereocenters. The Labute approximate surface area is 123 Å². The molecule has 0 fully saturated rings.